The highest BCUT2D eigenvalue weighted by Gasteiger charge is 2.15. The van der Waals surface area contributed by atoms with Gasteiger partial charge in [0.15, 0.2) is 5.65 Å². The number of hydrogen-bond donors (Lipinski definition) is 1. The molecule has 0 fully saturated rings. The van der Waals surface area contributed by atoms with Crippen LogP contribution in [0.4, 0.5) is 10.3 Å². The second-order valence-corrected chi connectivity index (χ2v) is 5.57. The van der Waals surface area contributed by atoms with E-state index >= 15 is 0 Å². The van der Waals surface area contributed by atoms with Crippen LogP contribution in [0.3, 0.4) is 0 Å². The Morgan fingerprint density at radius 1 is 1.25 bits per heavy atom. The number of nitrogens with zero attached hydrogens (tertiary/aromatic N) is 3. The van der Waals surface area contributed by atoms with Crippen LogP contribution in [0.5, 0.6) is 0 Å². The maximum atomic E-state index is 13.5. The van der Waals surface area contributed by atoms with Crippen LogP contribution in [0.1, 0.15) is 11.1 Å². The molecular formula is C14H12BrFN4. The van der Waals surface area contributed by atoms with Gasteiger partial charge in [0.1, 0.15) is 11.3 Å². The lowest BCUT2D eigenvalue weighted by Crippen LogP contribution is -2.04. The summed E-state index contributed by atoms with van der Waals surface area (Å²) in [5, 5.41) is 0. The monoisotopic (exact) mass is 334 g/mol. The van der Waals surface area contributed by atoms with E-state index in [1.807, 2.05) is 19.9 Å². The molecule has 0 aliphatic rings. The third-order valence-corrected chi connectivity index (χ3v) is 3.75. The SMILES string of the molecule is Cc1cnc2c(c1)nc(N)n2-c1cc(Br)c(F)cc1C. The number of pyridine rings is 1. The summed E-state index contributed by atoms with van der Waals surface area (Å²) in [6, 6.07) is 5.06. The first kappa shape index (κ1) is 13.1. The summed E-state index contributed by atoms with van der Waals surface area (Å²) in [5.74, 6) is 0.0257. The van der Waals surface area contributed by atoms with Crippen LogP contribution in [0.15, 0.2) is 28.9 Å². The first-order valence-electron chi connectivity index (χ1n) is 6.04. The number of rotatable bonds is 1. The van der Waals surface area contributed by atoms with Crippen molar-refractivity contribution >= 4 is 33.0 Å². The number of nitrogen functional groups attached to an aromatic ring is 1. The smallest absolute Gasteiger partial charge is 0.207 e. The minimum absolute atomic E-state index is 0.307. The summed E-state index contributed by atoms with van der Waals surface area (Å²) in [7, 11) is 0. The zero-order chi connectivity index (χ0) is 14.4. The molecule has 1 aromatic carbocycles. The van der Waals surface area contributed by atoms with Gasteiger partial charge in [-0.1, -0.05) is 0 Å². The Hall–Kier alpha value is -1.95. The average Bonchev–Trinajstić information content (AvgIpc) is 2.69. The van der Waals surface area contributed by atoms with Gasteiger partial charge in [0.25, 0.3) is 0 Å². The fourth-order valence-electron chi connectivity index (χ4n) is 2.20. The number of anilines is 1. The van der Waals surface area contributed by atoms with Crippen LogP contribution in [0.25, 0.3) is 16.9 Å². The maximum Gasteiger partial charge on any atom is 0.207 e. The predicted molar refractivity (Wildman–Crippen MR) is 80.4 cm³/mol. The van der Waals surface area contributed by atoms with Crippen LogP contribution < -0.4 is 5.73 Å². The summed E-state index contributed by atoms with van der Waals surface area (Å²) in [6.07, 6.45) is 1.76. The molecule has 3 rings (SSSR count). The van der Waals surface area contributed by atoms with Gasteiger partial charge in [0, 0.05) is 6.20 Å². The van der Waals surface area contributed by atoms with Gasteiger partial charge in [-0.2, -0.15) is 0 Å². The van der Waals surface area contributed by atoms with Gasteiger partial charge in [-0.25, -0.2) is 14.4 Å². The van der Waals surface area contributed by atoms with Crippen molar-refractivity contribution in [2.75, 3.05) is 5.73 Å². The van der Waals surface area contributed by atoms with Crippen molar-refractivity contribution in [3.8, 4) is 5.69 Å². The van der Waals surface area contributed by atoms with Crippen LogP contribution >= 0.6 is 15.9 Å². The van der Waals surface area contributed by atoms with Crippen molar-refractivity contribution < 1.29 is 4.39 Å². The van der Waals surface area contributed by atoms with Crippen molar-refractivity contribution in [3.05, 3.63) is 45.8 Å². The van der Waals surface area contributed by atoms with E-state index in [-0.39, 0.29) is 5.82 Å². The van der Waals surface area contributed by atoms with E-state index in [0.29, 0.717) is 16.1 Å². The number of nitrogens with two attached hydrogens (primary N) is 1. The maximum absolute atomic E-state index is 13.5. The lowest BCUT2D eigenvalue weighted by molar-refractivity contribution is 0.619. The lowest BCUT2D eigenvalue weighted by Gasteiger charge is -2.10. The van der Waals surface area contributed by atoms with Gasteiger partial charge >= 0.3 is 0 Å². The molecule has 0 atom stereocenters. The molecular weight excluding hydrogens is 323 g/mol. The quantitative estimate of drug-likeness (QED) is 0.740. The highest BCUT2D eigenvalue weighted by molar-refractivity contribution is 9.10. The molecule has 6 heteroatoms. The Morgan fingerprint density at radius 3 is 2.75 bits per heavy atom. The molecule has 0 aliphatic heterocycles. The van der Waals surface area contributed by atoms with Gasteiger partial charge in [-0.05, 0) is 59.1 Å². The van der Waals surface area contributed by atoms with E-state index in [4.69, 9.17) is 5.73 Å². The molecule has 0 aliphatic carbocycles. The molecule has 0 saturated carbocycles. The third-order valence-electron chi connectivity index (χ3n) is 3.14. The predicted octanol–water partition coefficient (Wildman–Crippen LogP) is 3.52. The van der Waals surface area contributed by atoms with Gasteiger partial charge in [-0.3, -0.25) is 4.57 Å². The van der Waals surface area contributed by atoms with Crippen molar-refractivity contribution in [2.45, 2.75) is 13.8 Å². The molecule has 0 saturated heterocycles. The number of imidazole rings is 1. The van der Waals surface area contributed by atoms with Gasteiger partial charge < -0.3 is 5.73 Å². The second kappa shape index (κ2) is 4.56. The Balaban J connectivity index is 2.35. The van der Waals surface area contributed by atoms with Crippen LogP contribution in [0, 0.1) is 19.7 Å². The Morgan fingerprint density at radius 2 is 2.00 bits per heavy atom. The molecule has 3 aromatic rings. The highest BCUT2D eigenvalue weighted by atomic mass is 79.9. The Labute approximate surface area is 123 Å². The lowest BCUT2D eigenvalue weighted by atomic mass is 10.2. The highest BCUT2D eigenvalue weighted by Crippen LogP contribution is 2.28. The number of aromatic nitrogens is 3. The van der Waals surface area contributed by atoms with E-state index in [1.54, 1.807) is 16.8 Å². The topological polar surface area (TPSA) is 56.7 Å². The van der Waals surface area contributed by atoms with Gasteiger partial charge in [0.05, 0.1) is 10.2 Å². The molecule has 20 heavy (non-hydrogen) atoms. The number of fused-ring (bicyclic) bond motifs is 1. The second-order valence-electron chi connectivity index (χ2n) is 4.71. The summed E-state index contributed by atoms with van der Waals surface area (Å²) >= 11 is 3.20. The summed E-state index contributed by atoms with van der Waals surface area (Å²) in [4.78, 5) is 8.70. The molecule has 0 bridgehead atoms. The van der Waals surface area contributed by atoms with E-state index in [9.17, 15) is 4.39 Å². The number of halogens is 2. The molecule has 102 valence electrons. The van der Waals surface area contributed by atoms with Crippen LogP contribution in [0.2, 0.25) is 0 Å². The van der Waals surface area contributed by atoms with E-state index in [1.165, 1.54) is 6.07 Å². The largest absolute Gasteiger partial charge is 0.369 e. The Kier molecular flexibility index (Phi) is 2.97. The minimum Gasteiger partial charge on any atom is -0.369 e. The molecule has 2 aromatic heterocycles. The molecule has 0 unspecified atom stereocenters. The third kappa shape index (κ3) is 1.96. The molecule has 2 heterocycles. The molecule has 0 spiro atoms. The fraction of sp³-hybridized carbons (Fsp3) is 0.143. The van der Waals surface area contributed by atoms with Crippen LogP contribution in [-0.4, -0.2) is 14.5 Å². The van der Waals surface area contributed by atoms with E-state index in [0.717, 1.165) is 22.3 Å². The standard InChI is InChI=1S/C14H12BrFN4/c1-7-3-11-13(18-6-7)20(14(17)19-11)12-5-9(15)10(16)4-8(12)2/h3-6H,1-2H3,(H2,17,19). The molecule has 0 amide bonds. The first-order valence-corrected chi connectivity index (χ1v) is 6.83. The van der Waals surface area contributed by atoms with E-state index in [2.05, 4.69) is 25.9 Å². The summed E-state index contributed by atoms with van der Waals surface area (Å²) < 4.78 is 15.7. The van der Waals surface area contributed by atoms with E-state index < -0.39 is 0 Å². The van der Waals surface area contributed by atoms with Gasteiger partial charge in [0.2, 0.25) is 5.95 Å². The van der Waals surface area contributed by atoms with Crippen molar-refractivity contribution in [3.63, 3.8) is 0 Å². The molecule has 0 radical (unpaired) electrons. The van der Waals surface area contributed by atoms with Gasteiger partial charge in [-0.15, -0.1) is 0 Å². The number of benzene rings is 1. The molecule has 2 N–H and O–H groups in total. The first-order chi connectivity index (χ1) is 9.47. The van der Waals surface area contributed by atoms with Crippen molar-refractivity contribution in [1.82, 2.24) is 14.5 Å². The minimum atomic E-state index is -0.307. The Bertz CT molecular complexity index is 826. The summed E-state index contributed by atoms with van der Waals surface area (Å²) in [6.45, 7) is 3.77. The zero-order valence-electron chi connectivity index (χ0n) is 11.0. The van der Waals surface area contributed by atoms with Crippen molar-refractivity contribution in [1.29, 1.82) is 0 Å². The normalized spacial score (nSPS) is 11.2. The zero-order valence-corrected chi connectivity index (χ0v) is 12.6. The van der Waals surface area contributed by atoms with Crippen LogP contribution in [-0.2, 0) is 0 Å². The van der Waals surface area contributed by atoms with Crippen molar-refractivity contribution in [2.24, 2.45) is 0 Å². The fourth-order valence-corrected chi connectivity index (χ4v) is 2.53. The average molecular weight is 335 g/mol. The summed E-state index contributed by atoms with van der Waals surface area (Å²) in [5.41, 5.74) is 9.92. The molecule has 4 nitrogen and oxygen atoms in total. The number of aryl methyl sites for hydroxylation is 2. The number of hydrogen-bond acceptors (Lipinski definition) is 3.